The maximum absolute atomic E-state index is 13.8. The third-order valence-electron chi connectivity index (χ3n) is 4.04. The van der Waals surface area contributed by atoms with Crippen LogP contribution >= 0.6 is 0 Å². The molecule has 1 aromatic carbocycles. The molecule has 1 atom stereocenters. The van der Waals surface area contributed by atoms with Gasteiger partial charge in [-0.3, -0.25) is 4.79 Å². The van der Waals surface area contributed by atoms with Crippen molar-refractivity contribution in [3.05, 3.63) is 69.1 Å². The van der Waals surface area contributed by atoms with E-state index >= 15 is 0 Å². The molecule has 0 aliphatic heterocycles. The van der Waals surface area contributed by atoms with Crippen molar-refractivity contribution < 1.29 is 8.78 Å². The van der Waals surface area contributed by atoms with Crippen LogP contribution in [-0.2, 0) is 13.0 Å². The fraction of sp³-hybridized carbons (Fsp3) is 0.312. The molecular weight excluding hydrogens is 274 g/mol. The maximum Gasteiger partial charge on any atom is 0.251 e. The second kappa shape index (κ2) is 5.41. The highest BCUT2D eigenvalue weighted by Crippen LogP contribution is 2.27. The molecule has 1 unspecified atom stereocenters. The number of fused-ring (bicyclic) bond motifs is 1. The molecule has 21 heavy (non-hydrogen) atoms. The molecule has 3 nitrogen and oxygen atoms in total. The van der Waals surface area contributed by atoms with Gasteiger partial charge in [0, 0.05) is 23.4 Å². The predicted molar refractivity (Wildman–Crippen MR) is 76.0 cm³/mol. The number of pyridine rings is 1. The van der Waals surface area contributed by atoms with E-state index in [4.69, 9.17) is 5.73 Å². The maximum atomic E-state index is 13.8. The van der Waals surface area contributed by atoms with Gasteiger partial charge >= 0.3 is 0 Å². The zero-order valence-corrected chi connectivity index (χ0v) is 11.5. The Morgan fingerprint density at radius 2 is 1.90 bits per heavy atom. The first-order valence-electron chi connectivity index (χ1n) is 6.99. The smallest absolute Gasteiger partial charge is 0.251 e. The molecule has 0 saturated carbocycles. The van der Waals surface area contributed by atoms with Gasteiger partial charge in [0.1, 0.15) is 11.6 Å². The molecule has 2 N–H and O–H groups in total. The standard InChI is InChI=1S/C16H16F2N2O/c17-12-3-1-4-13(18)11(12)9-20-15-6-2-5-14(19)10(15)7-8-16(20)21/h1,3-4,7-8,14H,2,5-6,9,19H2. The minimum Gasteiger partial charge on any atom is -0.324 e. The summed E-state index contributed by atoms with van der Waals surface area (Å²) in [6.07, 6.45) is 2.44. The SMILES string of the molecule is NC1CCCc2c1ccc(=O)n2Cc1c(F)cccc1F. The van der Waals surface area contributed by atoms with Crippen molar-refractivity contribution >= 4 is 0 Å². The van der Waals surface area contributed by atoms with Crippen molar-refractivity contribution in [2.75, 3.05) is 0 Å². The minimum absolute atomic E-state index is 0.0906. The van der Waals surface area contributed by atoms with Crippen LogP contribution in [0.25, 0.3) is 0 Å². The largest absolute Gasteiger partial charge is 0.324 e. The molecule has 1 aliphatic rings. The van der Waals surface area contributed by atoms with Gasteiger partial charge in [-0.05, 0) is 37.0 Å². The number of benzene rings is 1. The molecule has 2 aromatic rings. The monoisotopic (exact) mass is 290 g/mol. The first-order valence-corrected chi connectivity index (χ1v) is 6.99. The summed E-state index contributed by atoms with van der Waals surface area (Å²) in [5.74, 6) is -1.28. The summed E-state index contributed by atoms with van der Waals surface area (Å²) in [5.41, 5.74) is 7.40. The molecule has 1 heterocycles. The van der Waals surface area contributed by atoms with Crippen LogP contribution < -0.4 is 11.3 Å². The fourth-order valence-electron chi connectivity index (χ4n) is 2.91. The number of rotatable bonds is 2. The Balaban J connectivity index is 2.11. The number of aromatic nitrogens is 1. The van der Waals surface area contributed by atoms with Gasteiger partial charge in [0.25, 0.3) is 5.56 Å². The molecular formula is C16H16F2N2O. The average Bonchev–Trinajstić information content (AvgIpc) is 2.45. The van der Waals surface area contributed by atoms with E-state index in [1.165, 1.54) is 28.8 Å². The van der Waals surface area contributed by atoms with Crippen molar-refractivity contribution in [2.24, 2.45) is 5.73 Å². The van der Waals surface area contributed by atoms with E-state index in [0.29, 0.717) is 6.42 Å². The van der Waals surface area contributed by atoms with Crippen LogP contribution in [0, 0.1) is 11.6 Å². The van der Waals surface area contributed by atoms with Gasteiger partial charge in [-0.15, -0.1) is 0 Å². The molecule has 1 aromatic heterocycles. The van der Waals surface area contributed by atoms with Crippen LogP contribution in [0.4, 0.5) is 8.78 Å². The first kappa shape index (κ1) is 13.9. The van der Waals surface area contributed by atoms with Crippen molar-refractivity contribution in [1.82, 2.24) is 4.57 Å². The van der Waals surface area contributed by atoms with Crippen molar-refractivity contribution in [1.29, 1.82) is 0 Å². The van der Waals surface area contributed by atoms with E-state index in [1.807, 2.05) is 0 Å². The van der Waals surface area contributed by atoms with Crippen LogP contribution in [0.2, 0.25) is 0 Å². The van der Waals surface area contributed by atoms with Gasteiger partial charge in [0.2, 0.25) is 0 Å². The third kappa shape index (κ3) is 2.49. The van der Waals surface area contributed by atoms with Gasteiger partial charge in [-0.25, -0.2) is 8.78 Å². The highest BCUT2D eigenvalue weighted by atomic mass is 19.1. The van der Waals surface area contributed by atoms with E-state index in [-0.39, 0.29) is 23.7 Å². The van der Waals surface area contributed by atoms with E-state index < -0.39 is 11.6 Å². The Bertz CT molecular complexity index is 719. The summed E-state index contributed by atoms with van der Waals surface area (Å²) in [5, 5.41) is 0. The first-order chi connectivity index (χ1) is 10.1. The highest BCUT2D eigenvalue weighted by molar-refractivity contribution is 5.29. The van der Waals surface area contributed by atoms with E-state index in [1.54, 1.807) is 6.07 Å². The second-order valence-electron chi connectivity index (χ2n) is 5.36. The topological polar surface area (TPSA) is 48.0 Å². The molecule has 0 amide bonds. The lowest BCUT2D eigenvalue weighted by molar-refractivity contribution is 0.508. The Labute approximate surface area is 121 Å². The summed E-state index contributed by atoms with van der Waals surface area (Å²) < 4.78 is 29.0. The minimum atomic E-state index is -0.639. The van der Waals surface area contributed by atoms with Crippen LogP contribution in [0.5, 0.6) is 0 Å². The molecule has 0 fully saturated rings. The predicted octanol–water partition coefficient (Wildman–Crippen LogP) is 2.51. The third-order valence-corrected chi connectivity index (χ3v) is 4.04. The number of halogens is 2. The number of nitrogens with zero attached hydrogens (tertiary/aromatic N) is 1. The Morgan fingerprint density at radius 3 is 2.62 bits per heavy atom. The Hall–Kier alpha value is -2.01. The van der Waals surface area contributed by atoms with Gasteiger partial charge in [-0.1, -0.05) is 12.1 Å². The van der Waals surface area contributed by atoms with Gasteiger partial charge < -0.3 is 10.3 Å². The van der Waals surface area contributed by atoms with Crippen LogP contribution in [0.1, 0.15) is 35.7 Å². The molecule has 1 aliphatic carbocycles. The van der Waals surface area contributed by atoms with Gasteiger partial charge in [0.05, 0.1) is 6.54 Å². The Morgan fingerprint density at radius 1 is 1.19 bits per heavy atom. The second-order valence-corrected chi connectivity index (χ2v) is 5.36. The molecule has 0 radical (unpaired) electrons. The average molecular weight is 290 g/mol. The lowest BCUT2D eigenvalue weighted by Crippen LogP contribution is -2.30. The molecule has 0 spiro atoms. The van der Waals surface area contributed by atoms with E-state index in [2.05, 4.69) is 0 Å². The fourth-order valence-corrected chi connectivity index (χ4v) is 2.91. The number of hydrogen-bond donors (Lipinski definition) is 1. The van der Waals surface area contributed by atoms with Crippen molar-refractivity contribution in [3.8, 4) is 0 Å². The van der Waals surface area contributed by atoms with Crippen LogP contribution in [0.15, 0.2) is 35.1 Å². The van der Waals surface area contributed by atoms with E-state index in [0.717, 1.165) is 24.1 Å². The number of nitrogens with two attached hydrogens (primary N) is 1. The van der Waals surface area contributed by atoms with Crippen molar-refractivity contribution in [3.63, 3.8) is 0 Å². The molecule has 0 saturated heterocycles. The quantitative estimate of drug-likeness (QED) is 0.924. The zero-order valence-electron chi connectivity index (χ0n) is 11.5. The summed E-state index contributed by atoms with van der Waals surface area (Å²) in [6.45, 7) is -0.104. The van der Waals surface area contributed by atoms with E-state index in [9.17, 15) is 13.6 Å². The van der Waals surface area contributed by atoms with Crippen LogP contribution in [-0.4, -0.2) is 4.57 Å². The zero-order chi connectivity index (χ0) is 15.0. The summed E-state index contributed by atoms with van der Waals surface area (Å²) in [7, 11) is 0. The number of hydrogen-bond acceptors (Lipinski definition) is 2. The highest BCUT2D eigenvalue weighted by Gasteiger charge is 2.21. The van der Waals surface area contributed by atoms with Gasteiger partial charge in [0.15, 0.2) is 0 Å². The van der Waals surface area contributed by atoms with Crippen LogP contribution in [0.3, 0.4) is 0 Å². The molecule has 0 bridgehead atoms. The molecule has 110 valence electrons. The summed E-state index contributed by atoms with van der Waals surface area (Å²) in [6, 6.07) is 6.74. The molecule has 5 heteroatoms. The summed E-state index contributed by atoms with van der Waals surface area (Å²) in [4.78, 5) is 12.1. The lowest BCUT2D eigenvalue weighted by atomic mass is 9.91. The molecule has 3 rings (SSSR count). The van der Waals surface area contributed by atoms with Crippen molar-refractivity contribution in [2.45, 2.75) is 31.8 Å². The van der Waals surface area contributed by atoms with Gasteiger partial charge in [-0.2, -0.15) is 0 Å². The lowest BCUT2D eigenvalue weighted by Gasteiger charge is -2.25. The normalized spacial score (nSPS) is 17.6. The Kier molecular flexibility index (Phi) is 3.59. The summed E-state index contributed by atoms with van der Waals surface area (Å²) >= 11 is 0.